The van der Waals surface area contributed by atoms with E-state index in [-0.39, 0.29) is 5.75 Å². The minimum Gasteiger partial charge on any atom is -0.506 e. The fourth-order valence-electron chi connectivity index (χ4n) is 3.82. The number of unbranched alkanes of at least 4 members (excludes halogenated alkanes) is 5. The summed E-state index contributed by atoms with van der Waals surface area (Å²) in [7, 11) is 0. The summed E-state index contributed by atoms with van der Waals surface area (Å²) < 4.78 is 0. The zero-order valence-corrected chi connectivity index (χ0v) is 14.2. The van der Waals surface area contributed by atoms with Gasteiger partial charge >= 0.3 is 0 Å². The van der Waals surface area contributed by atoms with Crippen molar-refractivity contribution >= 4 is 5.69 Å². The maximum Gasteiger partial charge on any atom is 0.138 e. The van der Waals surface area contributed by atoms with E-state index in [1.54, 1.807) is 6.07 Å². The highest BCUT2D eigenvalue weighted by molar-refractivity contribution is 5.53. The van der Waals surface area contributed by atoms with Gasteiger partial charge in [-0.15, -0.1) is 0 Å². The lowest BCUT2D eigenvalue weighted by Gasteiger charge is -2.29. The standard InChI is InChI=1S/C20H33NO/c1-2-3-4-5-6-7-8-16-9-11-17(12-10-16)18-13-14-20(22)19(21)15-18/h13-17,22H,2-12,21H2,1H3/t16-,17-. The van der Waals surface area contributed by atoms with E-state index in [0.29, 0.717) is 11.6 Å². The van der Waals surface area contributed by atoms with Crippen molar-refractivity contribution in [2.45, 2.75) is 83.5 Å². The summed E-state index contributed by atoms with van der Waals surface area (Å²) in [4.78, 5) is 0. The molecule has 0 unspecified atom stereocenters. The molecule has 0 spiro atoms. The van der Waals surface area contributed by atoms with Gasteiger partial charge in [-0.05, 0) is 55.2 Å². The number of hydrogen-bond acceptors (Lipinski definition) is 2. The lowest BCUT2D eigenvalue weighted by molar-refractivity contribution is 0.302. The molecule has 1 aliphatic rings. The van der Waals surface area contributed by atoms with Crippen LogP contribution in [-0.4, -0.2) is 5.11 Å². The van der Waals surface area contributed by atoms with E-state index in [4.69, 9.17) is 5.73 Å². The summed E-state index contributed by atoms with van der Waals surface area (Å²) in [6.07, 6.45) is 15.2. The number of hydrogen-bond donors (Lipinski definition) is 2. The van der Waals surface area contributed by atoms with Gasteiger partial charge in [0, 0.05) is 0 Å². The highest BCUT2D eigenvalue weighted by Gasteiger charge is 2.22. The Bertz CT molecular complexity index is 435. The van der Waals surface area contributed by atoms with Crippen LogP contribution in [-0.2, 0) is 0 Å². The van der Waals surface area contributed by atoms with Crippen LogP contribution in [0.5, 0.6) is 5.75 Å². The van der Waals surface area contributed by atoms with E-state index < -0.39 is 0 Å². The van der Waals surface area contributed by atoms with Crippen molar-refractivity contribution in [2.24, 2.45) is 5.92 Å². The van der Waals surface area contributed by atoms with Gasteiger partial charge in [0.2, 0.25) is 0 Å². The molecule has 0 aliphatic heterocycles. The van der Waals surface area contributed by atoms with Crippen LogP contribution in [0.2, 0.25) is 0 Å². The van der Waals surface area contributed by atoms with Crippen molar-refractivity contribution in [1.29, 1.82) is 0 Å². The lowest BCUT2D eigenvalue weighted by atomic mass is 9.77. The van der Waals surface area contributed by atoms with Crippen LogP contribution in [0.15, 0.2) is 18.2 Å². The molecule has 0 aromatic heterocycles. The van der Waals surface area contributed by atoms with E-state index in [9.17, 15) is 5.11 Å². The monoisotopic (exact) mass is 303 g/mol. The molecule has 2 heteroatoms. The van der Waals surface area contributed by atoms with Crippen molar-refractivity contribution in [3.8, 4) is 5.75 Å². The fourth-order valence-corrected chi connectivity index (χ4v) is 3.82. The van der Waals surface area contributed by atoms with Gasteiger partial charge in [-0.3, -0.25) is 0 Å². The summed E-state index contributed by atoms with van der Waals surface area (Å²) in [5, 5.41) is 9.53. The molecule has 3 N–H and O–H groups in total. The SMILES string of the molecule is CCCCCCCC[C@H]1CC[C@H](c2ccc(O)c(N)c2)CC1. The minimum absolute atomic E-state index is 0.209. The van der Waals surface area contributed by atoms with Gasteiger partial charge < -0.3 is 10.8 Å². The summed E-state index contributed by atoms with van der Waals surface area (Å²) in [6.45, 7) is 2.28. The van der Waals surface area contributed by atoms with Crippen molar-refractivity contribution < 1.29 is 5.11 Å². The Hall–Kier alpha value is -1.18. The number of aromatic hydroxyl groups is 1. The van der Waals surface area contributed by atoms with E-state index >= 15 is 0 Å². The first-order valence-electron chi connectivity index (χ1n) is 9.29. The molecule has 0 bridgehead atoms. The van der Waals surface area contributed by atoms with Crippen molar-refractivity contribution in [2.75, 3.05) is 5.73 Å². The summed E-state index contributed by atoms with van der Waals surface area (Å²) in [6, 6.07) is 5.76. The summed E-state index contributed by atoms with van der Waals surface area (Å²) in [5.74, 6) is 1.79. The van der Waals surface area contributed by atoms with Crippen molar-refractivity contribution in [3.63, 3.8) is 0 Å². The molecule has 0 radical (unpaired) electrons. The first kappa shape index (κ1) is 17.2. The third-order valence-electron chi connectivity index (χ3n) is 5.34. The summed E-state index contributed by atoms with van der Waals surface area (Å²) in [5.41, 5.74) is 7.65. The normalized spacial score (nSPS) is 21.9. The molecule has 2 rings (SSSR count). The van der Waals surface area contributed by atoms with E-state index in [1.807, 2.05) is 12.1 Å². The largest absolute Gasteiger partial charge is 0.506 e. The highest BCUT2D eigenvalue weighted by Crippen LogP contribution is 2.39. The van der Waals surface area contributed by atoms with Crippen LogP contribution in [0.1, 0.15) is 89.0 Å². The molecule has 1 aromatic carbocycles. The molecular weight excluding hydrogens is 270 g/mol. The Morgan fingerprint density at radius 1 is 1.00 bits per heavy atom. The van der Waals surface area contributed by atoms with Gasteiger partial charge in [0.25, 0.3) is 0 Å². The van der Waals surface area contributed by atoms with Gasteiger partial charge in [-0.2, -0.15) is 0 Å². The molecule has 22 heavy (non-hydrogen) atoms. The number of nitrogens with two attached hydrogens (primary N) is 1. The Kier molecular flexibility index (Phi) is 7.08. The molecule has 0 atom stereocenters. The Labute approximate surface area is 136 Å². The van der Waals surface area contributed by atoms with E-state index in [2.05, 4.69) is 6.92 Å². The Balaban J connectivity index is 1.66. The van der Waals surface area contributed by atoms with Crippen LogP contribution in [0.3, 0.4) is 0 Å². The molecule has 0 amide bonds. The number of anilines is 1. The molecular formula is C20H33NO. The van der Waals surface area contributed by atoms with Crippen molar-refractivity contribution in [1.82, 2.24) is 0 Å². The number of nitrogen functional groups attached to an aromatic ring is 1. The maximum atomic E-state index is 9.53. The quantitative estimate of drug-likeness (QED) is 0.351. The number of rotatable bonds is 8. The second-order valence-electron chi connectivity index (χ2n) is 7.09. The van der Waals surface area contributed by atoms with Crippen LogP contribution in [0, 0.1) is 5.92 Å². The molecule has 2 nitrogen and oxygen atoms in total. The molecule has 124 valence electrons. The average Bonchev–Trinajstić information content (AvgIpc) is 2.54. The fraction of sp³-hybridized carbons (Fsp3) is 0.700. The molecule has 0 heterocycles. The third-order valence-corrected chi connectivity index (χ3v) is 5.34. The molecule has 1 aliphatic carbocycles. The highest BCUT2D eigenvalue weighted by atomic mass is 16.3. The van der Waals surface area contributed by atoms with Gasteiger partial charge in [0.05, 0.1) is 5.69 Å². The molecule has 0 saturated heterocycles. The Morgan fingerprint density at radius 3 is 2.36 bits per heavy atom. The van der Waals surface area contributed by atoms with Crippen LogP contribution >= 0.6 is 0 Å². The first-order chi connectivity index (χ1) is 10.7. The lowest BCUT2D eigenvalue weighted by Crippen LogP contribution is -2.13. The summed E-state index contributed by atoms with van der Waals surface area (Å²) >= 11 is 0. The average molecular weight is 303 g/mol. The number of phenolic OH excluding ortho intramolecular Hbond substituents is 1. The smallest absolute Gasteiger partial charge is 0.138 e. The topological polar surface area (TPSA) is 46.2 Å². The van der Waals surface area contributed by atoms with Gasteiger partial charge in [-0.1, -0.05) is 57.9 Å². The third kappa shape index (κ3) is 5.23. The van der Waals surface area contributed by atoms with Crippen LogP contribution in [0.4, 0.5) is 5.69 Å². The molecule has 1 saturated carbocycles. The number of phenols is 1. The van der Waals surface area contributed by atoms with Crippen LogP contribution < -0.4 is 5.73 Å². The minimum atomic E-state index is 0.209. The second-order valence-corrected chi connectivity index (χ2v) is 7.09. The molecule has 1 fully saturated rings. The second kappa shape index (κ2) is 9.07. The van der Waals surface area contributed by atoms with Crippen molar-refractivity contribution in [3.05, 3.63) is 23.8 Å². The number of benzene rings is 1. The molecule has 1 aromatic rings. The van der Waals surface area contributed by atoms with Crippen LogP contribution in [0.25, 0.3) is 0 Å². The predicted octanol–water partition coefficient (Wildman–Crippen LogP) is 6.00. The zero-order chi connectivity index (χ0) is 15.8. The predicted molar refractivity (Wildman–Crippen MR) is 95.2 cm³/mol. The maximum absolute atomic E-state index is 9.53. The Morgan fingerprint density at radius 2 is 1.68 bits per heavy atom. The first-order valence-corrected chi connectivity index (χ1v) is 9.29. The zero-order valence-electron chi connectivity index (χ0n) is 14.2. The van der Waals surface area contributed by atoms with Gasteiger partial charge in [0.15, 0.2) is 0 Å². The van der Waals surface area contributed by atoms with Gasteiger partial charge in [-0.25, -0.2) is 0 Å². The van der Waals surface area contributed by atoms with E-state index in [0.717, 1.165) is 5.92 Å². The van der Waals surface area contributed by atoms with E-state index in [1.165, 1.54) is 76.2 Å². The van der Waals surface area contributed by atoms with Gasteiger partial charge in [0.1, 0.15) is 5.75 Å².